The van der Waals surface area contributed by atoms with Gasteiger partial charge in [-0.25, -0.2) is 0 Å². The number of nitrogens with zero attached hydrogens (tertiary/aromatic N) is 1. The van der Waals surface area contributed by atoms with E-state index in [1.807, 2.05) is 0 Å². The number of carboxylic acids is 1. The van der Waals surface area contributed by atoms with Crippen LogP contribution in [0.3, 0.4) is 0 Å². The van der Waals surface area contributed by atoms with E-state index in [4.69, 9.17) is 10.2 Å². The topological polar surface area (TPSA) is 107 Å². The van der Waals surface area contributed by atoms with Crippen LogP contribution >= 0.6 is 0 Å². The minimum absolute atomic E-state index is 0.0250. The first kappa shape index (κ1) is 14.6. The number of piperidine rings is 1. The summed E-state index contributed by atoms with van der Waals surface area (Å²) in [5.74, 6) is -1.61. The van der Waals surface area contributed by atoms with Crippen LogP contribution in [-0.4, -0.2) is 42.0 Å². The third-order valence-corrected chi connectivity index (χ3v) is 4.69. The lowest BCUT2D eigenvalue weighted by atomic mass is 10.0. The van der Waals surface area contributed by atoms with Gasteiger partial charge in [0.15, 0.2) is 0 Å². The number of phenolic OH excluding ortho intramolecular Hbond substituents is 1. The summed E-state index contributed by atoms with van der Waals surface area (Å²) in [4.78, 5) is 11.0. The van der Waals surface area contributed by atoms with Gasteiger partial charge in [-0.2, -0.15) is 12.7 Å². The van der Waals surface area contributed by atoms with Gasteiger partial charge in [-0.05, 0) is 37.1 Å². The molecule has 0 aromatic heterocycles. The smallest absolute Gasteiger partial charge is 0.307 e. The molecule has 1 aromatic rings. The van der Waals surface area contributed by atoms with Crippen LogP contribution in [0.1, 0.15) is 12.8 Å². The largest absolute Gasteiger partial charge is 0.508 e. The van der Waals surface area contributed by atoms with Gasteiger partial charge in [0.2, 0.25) is 0 Å². The SMILES string of the molecule is O=C(O)C1CCCN(S(=O)(=O)Nc2ccc(O)cc2)C1. The van der Waals surface area contributed by atoms with Crippen LogP contribution in [0.25, 0.3) is 0 Å². The summed E-state index contributed by atoms with van der Waals surface area (Å²) in [6.07, 6.45) is 1.01. The van der Waals surface area contributed by atoms with Gasteiger partial charge < -0.3 is 10.2 Å². The van der Waals surface area contributed by atoms with Gasteiger partial charge >= 0.3 is 16.2 Å². The fourth-order valence-corrected chi connectivity index (χ4v) is 3.41. The van der Waals surface area contributed by atoms with Crippen molar-refractivity contribution in [3.05, 3.63) is 24.3 Å². The highest BCUT2D eigenvalue weighted by Gasteiger charge is 2.32. The summed E-state index contributed by atoms with van der Waals surface area (Å²) >= 11 is 0. The highest BCUT2D eigenvalue weighted by atomic mass is 32.2. The fraction of sp³-hybridized carbons (Fsp3) is 0.417. The first-order valence-electron chi connectivity index (χ1n) is 6.18. The molecule has 8 heteroatoms. The number of phenols is 1. The van der Waals surface area contributed by atoms with Crippen molar-refractivity contribution >= 4 is 21.9 Å². The second-order valence-corrected chi connectivity index (χ2v) is 6.36. The average molecular weight is 300 g/mol. The lowest BCUT2D eigenvalue weighted by Gasteiger charge is -2.29. The maximum Gasteiger partial charge on any atom is 0.307 e. The summed E-state index contributed by atoms with van der Waals surface area (Å²) in [7, 11) is -3.78. The number of nitrogens with one attached hydrogen (secondary N) is 1. The molecule has 3 N–H and O–H groups in total. The predicted octanol–water partition coefficient (Wildman–Crippen LogP) is 0.845. The highest BCUT2D eigenvalue weighted by molar-refractivity contribution is 7.90. The lowest BCUT2D eigenvalue weighted by Crippen LogP contribution is -2.44. The maximum atomic E-state index is 12.2. The molecule has 1 fully saturated rings. The molecule has 0 saturated carbocycles. The molecular formula is C12H16N2O5S. The van der Waals surface area contributed by atoms with E-state index in [1.54, 1.807) is 0 Å². The van der Waals surface area contributed by atoms with Crippen molar-refractivity contribution in [2.75, 3.05) is 17.8 Å². The number of rotatable bonds is 4. The first-order chi connectivity index (χ1) is 9.38. The number of anilines is 1. The number of hydrogen-bond acceptors (Lipinski definition) is 4. The summed E-state index contributed by atoms with van der Waals surface area (Å²) in [6, 6.07) is 5.61. The van der Waals surface area contributed by atoms with Gasteiger partial charge in [-0.1, -0.05) is 0 Å². The highest BCUT2D eigenvalue weighted by Crippen LogP contribution is 2.21. The van der Waals surface area contributed by atoms with E-state index in [0.717, 1.165) is 4.31 Å². The van der Waals surface area contributed by atoms with E-state index in [1.165, 1.54) is 24.3 Å². The van der Waals surface area contributed by atoms with Crippen LogP contribution in [0, 0.1) is 5.92 Å². The van der Waals surface area contributed by atoms with E-state index < -0.39 is 22.1 Å². The number of carbonyl (C=O) groups is 1. The van der Waals surface area contributed by atoms with E-state index in [9.17, 15) is 13.2 Å². The van der Waals surface area contributed by atoms with E-state index in [-0.39, 0.29) is 12.3 Å². The fourth-order valence-electron chi connectivity index (χ4n) is 2.11. The van der Waals surface area contributed by atoms with Crippen LogP contribution in [0.4, 0.5) is 5.69 Å². The molecule has 110 valence electrons. The van der Waals surface area contributed by atoms with Crippen molar-refractivity contribution in [1.82, 2.24) is 4.31 Å². The molecule has 0 amide bonds. The quantitative estimate of drug-likeness (QED) is 0.714. The summed E-state index contributed by atoms with van der Waals surface area (Å²) in [5, 5.41) is 18.1. The van der Waals surface area contributed by atoms with Crippen LogP contribution in [0.5, 0.6) is 5.75 Å². The van der Waals surface area contributed by atoms with Crippen molar-refractivity contribution in [2.24, 2.45) is 5.92 Å². The normalized spacial score (nSPS) is 20.5. The van der Waals surface area contributed by atoms with Gasteiger partial charge in [0.25, 0.3) is 0 Å². The Kier molecular flexibility index (Phi) is 4.15. The second kappa shape index (κ2) is 5.68. The van der Waals surface area contributed by atoms with Crippen LogP contribution in [-0.2, 0) is 15.0 Å². The van der Waals surface area contributed by atoms with Gasteiger partial charge in [0.05, 0.1) is 11.6 Å². The Labute approximate surface area is 117 Å². The molecule has 1 atom stereocenters. The third-order valence-electron chi connectivity index (χ3n) is 3.19. The molecular weight excluding hydrogens is 284 g/mol. The average Bonchev–Trinajstić information content (AvgIpc) is 2.41. The minimum atomic E-state index is -3.78. The summed E-state index contributed by atoms with van der Waals surface area (Å²) in [6.45, 7) is 0.278. The van der Waals surface area contributed by atoms with Crippen LogP contribution < -0.4 is 4.72 Å². The molecule has 1 aliphatic heterocycles. The minimum Gasteiger partial charge on any atom is -0.508 e. The molecule has 1 heterocycles. The summed E-state index contributed by atoms with van der Waals surface area (Å²) < 4.78 is 27.8. The molecule has 7 nitrogen and oxygen atoms in total. The monoisotopic (exact) mass is 300 g/mol. The molecule has 1 aliphatic rings. The molecule has 2 rings (SSSR count). The molecule has 0 radical (unpaired) electrons. The maximum absolute atomic E-state index is 12.2. The third kappa shape index (κ3) is 3.40. The number of carboxylic acid groups (broad SMARTS) is 1. The Hall–Kier alpha value is -1.80. The lowest BCUT2D eigenvalue weighted by molar-refractivity contribution is -0.142. The van der Waals surface area contributed by atoms with Crippen molar-refractivity contribution < 1.29 is 23.4 Å². The molecule has 20 heavy (non-hydrogen) atoms. The van der Waals surface area contributed by atoms with Gasteiger partial charge in [-0.15, -0.1) is 0 Å². The molecule has 0 spiro atoms. The molecule has 1 unspecified atom stereocenters. The van der Waals surface area contributed by atoms with Gasteiger partial charge in [0, 0.05) is 13.1 Å². The van der Waals surface area contributed by atoms with Crippen molar-refractivity contribution in [2.45, 2.75) is 12.8 Å². The van der Waals surface area contributed by atoms with E-state index in [2.05, 4.69) is 4.72 Å². The second-order valence-electron chi connectivity index (χ2n) is 4.69. The van der Waals surface area contributed by atoms with Gasteiger partial charge in [0.1, 0.15) is 5.75 Å². The van der Waals surface area contributed by atoms with Crippen molar-refractivity contribution in [3.63, 3.8) is 0 Å². The zero-order valence-electron chi connectivity index (χ0n) is 10.7. The number of hydrogen-bond donors (Lipinski definition) is 3. The van der Waals surface area contributed by atoms with Crippen molar-refractivity contribution in [1.29, 1.82) is 0 Å². The number of benzene rings is 1. The Morgan fingerprint density at radius 1 is 1.30 bits per heavy atom. The van der Waals surface area contributed by atoms with E-state index >= 15 is 0 Å². The molecule has 1 saturated heterocycles. The zero-order valence-corrected chi connectivity index (χ0v) is 11.5. The molecule has 1 aromatic carbocycles. The molecule has 0 aliphatic carbocycles. The number of aromatic hydroxyl groups is 1. The standard InChI is InChI=1S/C12H16N2O5S/c15-11-5-3-10(4-6-11)13-20(18,19)14-7-1-2-9(8-14)12(16)17/h3-6,9,13,15H,1-2,7-8H2,(H,16,17). The Morgan fingerprint density at radius 2 is 1.95 bits per heavy atom. The predicted molar refractivity (Wildman–Crippen MR) is 72.6 cm³/mol. The Bertz CT molecular complexity index is 584. The molecule has 0 bridgehead atoms. The van der Waals surface area contributed by atoms with Crippen molar-refractivity contribution in [3.8, 4) is 5.75 Å². The Morgan fingerprint density at radius 3 is 2.55 bits per heavy atom. The Balaban J connectivity index is 2.09. The summed E-state index contributed by atoms with van der Waals surface area (Å²) in [5.41, 5.74) is 0.320. The van der Waals surface area contributed by atoms with Crippen LogP contribution in [0.2, 0.25) is 0 Å². The number of aliphatic carboxylic acids is 1. The van der Waals surface area contributed by atoms with E-state index in [0.29, 0.717) is 25.1 Å². The first-order valence-corrected chi connectivity index (χ1v) is 7.62. The van der Waals surface area contributed by atoms with Crippen LogP contribution in [0.15, 0.2) is 24.3 Å². The zero-order chi connectivity index (χ0) is 14.8. The van der Waals surface area contributed by atoms with Gasteiger partial charge in [-0.3, -0.25) is 9.52 Å².